The minimum atomic E-state index is -1.00. The fraction of sp³-hybridized carbons (Fsp3) is 0.179. The Bertz CT molecular complexity index is 1460. The van der Waals surface area contributed by atoms with Crippen molar-refractivity contribution in [1.82, 2.24) is 10.3 Å². The molecule has 0 radical (unpaired) electrons. The summed E-state index contributed by atoms with van der Waals surface area (Å²) in [7, 11) is 1.61. The number of thiocarbonyl (C=S) groups is 1. The van der Waals surface area contributed by atoms with E-state index >= 15 is 0 Å². The van der Waals surface area contributed by atoms with Crippen LogP contribution in [0, 0.1) is 0 Å². The Balaban J connectivity index is 1.53. The molecular formula is C28H24ClN3O5S. The van der Waals surface area contributed by atoms with Gasteiger partial charge in [-0.05, 0) is 66.8 Å². The topological polar surface area (TPSA) is 97.1 Å². The number of aromatic carboxylic acids is 1. The number of aromatic nitrogens is 1. The first kappa shape index (κ1) is 25.7. The van der Waals surface area contributed by atoms with Crippen molar-refractivity contribution >= 4 is 40.6 Å². The largest absolute Gasteiger partial charge is 0.490 e. The Labute approximate surface area is 229 Å². The number of hydrogen-bond acceptors (Lipinski definition) is 6. The van der Waals surface area contributed by atoms with Gasteiger partial charge in [-0.1, -0.05) is 29.8 Å². The highest BCUT2D eigenvalue weighted by molar-refractivity contribution is 7.80. The summed E-state index contributed by atoms with van der Waals surface area (Å²) in [6, 6.07) is 20.8. The highest BCUT2D eigenvalue weighted by Gasteiger charge is 2.42. The minimum Gasteiger partial charge on any atom is -0.490 e. The standard InChI is InChI=1S/C28H24ClN3O5S/c1-35-13-14-36-23-9-8-19(16-20(23)29)32-26(25(31-28(32)38)21-7-2-3-12-30-21)24-11-10-22(37-24)17-5-4-6-18(15-17)27(33)34/h2-12,15-16,25-26H,13-14H2,1H3,(H,31,38)(H,33,34)/t25-,26+/m1/s1. The second-order valence-corrected chi connectivity index (χ2v) is 9.33. The van der Waals surface area contributed by atoms with E-state index in [1.807, 2.05) is 47.4 Å². The number of nitrogens with zero attached hydrogens (tertiary/aromatic N) is 2. The van der Waals surface area contributed by atoms with Crippen LogP contribution >= 0.6 is 23.8 Å². The average molecular weight is 550 g/mol. The van der Waals surface area contributed by atoms with Crippen LogP contribution in [0.5, 0.6) is 5.75 Å². The third-order valence-corrected chi connectivity index (χ3v) is 6.76. The second kappa shape index (κ2) is 11.2. The molecule has 0 bridgehead atoms. The molecular weight excluding hydrogens is 526 g/mol. The summed E-state index contributed by atoms with van der Waals surface area (Å²) in [6.07, 6.45) is 1.73. The highest BCUT2D eigenvalue weighted by Crippen LogP contribution is 2.44. The van der Waals surface area contributed by atoms with Gasteiger partial charge in [0, 0.05) is 24.6 Å². The second-order valence-electron chi connectivity index (χ2n) is 8.54. The molecule has 4 aromatic rings. The van der Waals surface area contributed by atoms with E-state index in [9.17, 15) is 9.90 Å². The van der Waals surface area contributed by atoms with Crippen LogP contribution in [0.25, 0.3) is 11.3 Å². The van der Waals surface area contributed by atoms with Crippen molar-refractivity contribution in [2.24, 2.45) is 0 Å². The lowest BCUT2D eigenvalue weighted by Gasteiger charge is -2.26. The molecule has 0 spiro atoms. The highest BCUT2D eigenvalue weighted by atomic mass is 35.5. The molecule has 5 rings (SSSR count). The van der Waals surface area contributed by atoms with Gasteiger partial charge in [0.2, 0.25) is 0 Å². The van der Waals surface area contributed by atoms with E-state index in [1.54, 1.807) is 43.6 Å². The number of carboxylic acid groups (broad SMARTS) is 1. The van der Waals surface area contributed by atoms with Crippen LogP contribution in [-0.2, 0) is 4.74 Å². The Morgan fingerprint density at radius 3 is 2.74 bits per heavy atom. The van der Waals surface area contributed by atoms with E-state index in [4.69, 9.17) is 37.7 Å². The number of furan rings is 1. The molecule has 2 atom stereocenters. The fourth-order valence-electron chi connectivity index (χ4n) is 4.39. The summed E-state index contributed by atoms with van der Waals surface area (Å²) in [5.74, 6) is 0.708. The Morgan fingerprint density at radius 1 is 1.13 bits per heavy atom. The molecule has 0 amide bonds. The molecule has 3 heterocycles. The number of pyridine rings is 1. The van der Waals surface area contributed by atoms with Crippen molar-refractivity contribution in [3.63, 3.8) is 0 Å². The molecule has 0 unspecified atom stereocenters. The third kappa shape index (κ3) is 5.22. The lowest BCUT2D eigenvalue weighted by atomic mass is 10.0. The zero-order chi connectivity index (χ0) is 26.6. The molecule has 38 heavy (non-hydrogen) atoms. The smallest absolute Gasteiger partial charge is 0.335 e. The van der Waals surface area contributed by atoms with Gasteiger partial charge in [-0.3, -0.25) is 4.98 Å². The predicted molar refractivity (Wildman–Crippen MR) is 148 cm³/mol. The molecule has 0 aliphatic carbocycles. The molecule has 0 saturated carbocycles. The van der Waals surface area contributed by atoms with Crippen molar-refractivity contribution in [1.29, 1.82) is 0 Å². The SMILES string of the molecule is COCCOc1ccc(N2C(=S)N[C@H](c3ccccn3)[C@@H]2c2ccc(-c3cccc(C(=O)O)c3)o2)cc1Cl. The minimum absolute atomic E-state index is 0.180. The number of carboxylic acids is 1. The van der Waals surface area contributed by atoms with E-state index in [-0.39, 0.29) is 11.6 Å². The number of benzene rings is 2. The van der Waals surface area contributed by atoms with Gasteiger partial charge < -0.3 is 29.2 Å². The molecule has 1 saturated heterocycles. The number of rotatable bonds is 9. The maximum atomic E-state index is 11.5. The molecule has 1 aliphatic rings. The van der Waals surface area contributed by atoms with Crippen LogP contribution in [0.1, 0.15) is 33.9 Å². The van der Waals surface area contributed by atoms with Gasteiger partial charge in [0.25, 0.3) is 0 Å². The monoisotopic (exact) mass is 549 g/mol. The van der Waals surface area contributed by atoms with Gasteiger partial charge in [-0.2, -0.15) is 0 Å². The summed E-state index contributed by atoms with van der Waals surface area (Å²) in [5.41, 5.74) is 2.38. The molecule has 10 heteroatoms. The molecule has 1 aliphatic heterocycles. The van der Waals surface area contributed by atoms with Crippen LogP contribution in [-0.4, -0.2) is 41.5 Å². The summed E-state index contributed by atoms with van der Waals surface area (Å²) in [6.45, 7) is 0.824. The van der Waals surface area contributed by atoms with Gasteiger partial charge >= 0.3 is 5.97 Å². The van der Waals surface area contributed by atoms with Crippen LogP contribution < -0.4 is 15.0 Å². The van der Waals surface area contributed by atoms with Crippen LogP contribution in [0.2, 0.25) is 5.02 Å². The number of carbonyl (C=O) groups is 1. The zero-order valence-electron chi connectivity index (χ0n) is 20.3. The maximum Gasteiger partial charge on any atom is 0.335 e. The summed E-state index contributed by atoms with van der Waals surface area (Å²) < 4.78 is 17.1. The van der Waals surface area contributed by atoms with E-state index in [0.29, 0.717) is 46.2 Å². The number of nitrogens with one attached hydrogen (secondary N) is 1. The van der Waals surface area contributed by atoms with E-state index in [0.717, 1.165) is 11.4 Å². The van der Waals surface area contributed by atoms with E-state index in [2.05, 4.69) is 10.3 Å². The molecule has 1 fully saturated rings. The summed E-state index contributed by atoms with van der Waals surface area (Å²) in [5, 5.41) is 13.7. The first-order valence-electron chi connectivity index (χ1n) is 11.8. The van der Waals surface area contributed by atoms with Crippen LogP contribution in [0.4, 0.5) is 5.69 Å². The molecule has 194 valence electrons. The van der Waals surface area contributed by atoms with Crippen molar-refractivity contribution in [3.05, 3.63) is 101 Å². The Kier molecular flexibility index (Phi) is 7.59. The van der Waals surface area contributed by atoms with Crippen LogP contribution in [0.3, 0.4) is 0 Å². The van der Waals surface area contributed by atoms with Gasteiger partial charge in [0.1, 0.15) is 29.9 Å². The number of ether oxygens (including phenoxy) is 2. The molecule has 8 nitrogen and oxygen atoms in total. The first-order valence-corrected chi connectivity index (χ1v) is 12.6. The lowest BCUT2D eigenvalue weighted by Crippen LogP contribution is -2.29. The van der Waals surface area contributed by atoms with E-state index in [1.165, 1.54) is 0 Å². The zero-order valence-corrected chi connectivity index (χ0v) is 21.9. The third-order valence-electron chi connectivity index (χ3n) is 6.15. The van der Waals surface area contributed by atoms with Crippen LogP contribution in [0.15, 0.2) is 83.4 Å². The summed E-state index contributed by atoms with van der Waals surface area (Å²) in [4.78, 5) is 18.0. The van der Waals surface area contributed by atoms with Gasteiger partial charge in [-0.15, -0.1) is 0 Å². The normalized spacial score (nSPS) is 16.9. The number of anilines is 1. The molecule has 2 aromatic heterocycles. The van der Waals surface area contributed by atoms with Crippen molar-refractivity contribution in [2.45, 2.75) is 12.1 Å². The first-order chi connectivity index (χ1) is 18.5. The van der Waals surface area contributed by atoms with E-state index < -0.39 is 12.0 Å². The fourth-order valence-corrected chi connectivity index (χ4v) is 4.96. The molecule has 2 aromatic carbocycles. The van der Waals surface area contributed by atoms with Crippen molar-refractivity contribution in [2.75, 3.05) is 25.2 Å². The lowest BCUT2D eigenvalue weighted by molar-refractivity contribution is 0.0697. The van der Waals surface area contributed by atoms with Gasteiger partial charge in [0.05, 0.1) is 28.9 Å². The maximum absolute atomic E-state index is 11.5. The average Bonchev–Trinajstić information content (AvgIpc) is 3.55. The molecule has 2 N–H and O–H groups in total. The summed E-state index contributed by atoms with van der Waals surface area (Å²) >= 11 is 12.3. The van der Waals surface area contributed by atoms with Gasteiger partial charge in [0.15, 0.2) is 5.11 Å². The van der Waals surface area contributed by atoms with Gasteiger partial charge in [-0.25, -0.2) is 4.79 Å². The Morgan fingerprint density at radius 2 is 2.00 bits per heavy atom. The number of methoxy groups -OCH3 is 1. The quantitative estimate of drug-likeness (QED) is 0.195. The van der Waals surface area contributed by atoms with Crippen molar-refractivity contribution in [3.8, 4) is 17.1 Å². The predicted octanol–water partition coefficient (Wildman–Crippen LogP) is 5.90. The number of hydrogen-bond donors (Lipinski definition) is 2. The van der Waals surface area contributed by atoms with Crippen molar-refractivity contribution < 1.29 is 23.8 Å². The number of halogens is 1. The Hall–Kier alpha value is -3.92.